The number of benzene rings is 1. The van der Waals surface area contributed by atoms with Gasteiger partial charge < -0.3 is 9.31 Å². The number of rotatable bonds is 2. The van der Waals surface area contributed by atoms with Gasteiger partial charge in [-0.25, -0.2) is 8.78 Å². The molecular formula is C18H25BF2O2. The van der Waals surface area contributed by atoms with Crippen LogP contribution in [0.25, 0.3) is 0 Å². The monoisotopic (exact) mass is 322 g/mol. The molecule has 1 saturated heterocycles. The minimum Gasteiger partial charge on any atom is -0.399 e. The highest BCUT2D eigenvalue weighted by atomic mass is 19.3. The predicted molar refractivity (Wildman–Crippen MR) is 88.3 cm³/mol. The van der Waals surface area contributed by atoms with Crippen molar-refractivity contribution in [1.82, 2.24) is 0 Å². The van der Waals surface area contributed by atoms with E-state index in [0.29, 0.717) is 12.8 Å². The Labute approximate surface area is 137 Å². The summed E-state index contributed by atoms with van der Waals surface area (Å²) in [4.78, 5) is 0. The summed E-state index contributed by atoms with van der Waals surface area (Å²) in [5, 5.41) is 0. The molecule has 0 aromatic heterocycles. The first-order chi connectivity index (χ1) is 10.6. The number of alkyl halides is 2. The Hall–Kier alpha value is -0.935. The van der Waals surface area contributed by atoms with E-state index < -0.39 is 5.92 Å². The van der Waals surface area contributed by atoms with Gasteiger partial charge in [-0.3, -0.25) is 0 Å². The van der Waals surface area contributed by atoms with Crippen LogP contribution in [0.1, 0.15) is 64.9 Å². The Morgan fingerprint density at radius 3 is 1.87 bits per heavy atom. The summed E-state index contributed by atoms with van der Waals surface area (Å²) < 4.78 is 38.6. The van der Waals surface area contributed by atoms with Crippen LogP contribution in [0.3, 0.4) is 0 Å². The van der Waals surface area contributed by atoms with Crippen LogP contribution < -0.4 is 5.46 Å². The van der Waals surface area contributed by atoms with Crippen molar-refractivity contribution in [3.8, 4) is 0 Å². The van der Waals surface area contributed by atoms with Gasteiger partial charge in [0.1, 0.15) is 0 Å². The largest absolute Gasteiger partial charge is 0.494 e. The molecule has 0 spiro atoms. The molecule has 1 saturated carbocycles. The number of hydrogen-bond acceptors (Lipinski definition) is 2. The molecule has 0 amide bonds. The van der Waals surface area contributed by atoms with Gasteiger partial charge in [-0.2, -0.15) is 0 Å². The van der Waals surface area contributed by atoms with Crippen LogP contribution in [0.15, 0.2) is 24.3 Å². The molecule has 1 aliphatic carbocycles. The molecule has 0 radical (unpaired) electrons. The fraction of sp³-hybridized carbons (Fsp3) is 0.667. The van der Waals surface area contributed by atoms with E-state index in [1.165, 1.54) is 0 Å². The Morgan fingerprint density at radius 1 is 0.913 bits per heavy atom. The third kappa shape index (κ3) is 3.31. The highest BCUT2D eigenvalue weighted by molar-refractivity contribution is 6.62. The Balaban J connectivity index is 1.69. The van der Waals surface area contributed by atoms with Gasteiger partial charge in [0.15, 0.2) is 0 Å². The third-order valence-electron chi connectivity index (χ3n) is 5.65. The van der Waals surface area contributed by atoms with Crippen LogP contribution in [0.5, 0.6) is 0 Å². The van der Waals surface area contributed by atoms with Crippen LogP contribution in [0.4, 0.5) is 8.78 Å². The number of hydrogen-bond donors (Lipinski definition) is 0. The third-order valence-corrected chi connectivity index (χ3v) is 5.65. The molecule has 1 aromatic rings. The van der Waals surface area contributed by atoms with Crippen molar-refractivity contribution in [2.24, 2.45) is 0 Å². The molecule has 2 aliphatic rings. The van der Waals surface area contributed by atoms with E-state index in [2.05, 4.69) is 0 Å². The smallest absolute Gasteiger partial charge is 0.399 e. The maximum absolute atomic E-state index is 13.3. The van der Waals surface area contributed by atoms with Crippen LogP contribution in [0.2, 0.25) is 0 Å². The first-order valence-corrected chi connectivity index (χ1v) is 8.43. The summed E-state index contributed by atoms with van der Waals surface area (Å²) >= 11 is 0. The molecule has 2 fully saturated rings. The van der Waals surface area contributed by atoms with Crippen LogP contribution in [0, 0.1) is 0 Å². The Morgan fingerprint density at radius 2 is 1.39 bits per heavy atom. The van der Waals surface area contributed by atoms with Crippen LogP contribution in [-0.2, 0) is 9.31 Å². The van der Waals surface area contributed by atoms with Gasteiger partial charge >= 0.3 is 7.12 Å². The van der Waals surface area contributed by atoms with E-state index in [9.17, 15) is 8.78 Å². The normalized spacial score (nSPS) is 26.4. The van der Waals surface area contributed by atoms with E-state index in [1.807, 2.05) is 52.0 Å². The molecule has 1 aliphatic heterocycles. The van der Waals surface area contributed by atoms with E-state index in [1.54, 1.807) is 0 Å². The molecule has 126 valence electrons. The van der Waals surface area contributed by atoms with Gasteiger partial charge in [0.25, 0.3) is 0 Å². The maximum atomic E-state index is 13.3. The zero-order chi connectivity index (χ0) is 16.9. The molecule has 0 unspecified atom stereocenters. The summed E-state index contributed by atoms with van der Waals surface area (Å²) in [6, 6.07) is 8.08. The fourth-order valence-corrected chi connectivity index (χ4v) is 3.28. The highest BCUT2D eigenvalue weighted by Gasteiger charge is 2.51. The van der Waals surface area contributed by atoms with Crippen LogP contribution in [-0.4, -0.2) is 24.2 Å². The number of halogens is 2. The Bertz CT molecular complexity index is 543. The second-order valence-corrected chi connectivity index (χ2v) is 7.89. The zero-order valence-corrected chi connectivity index (χ0v) is 14.4. The molecule has 5 heteroatoms. The van der Waals surface area contributed by atoms with E-state index in [0.717, 1.165) is 11.0 Å². The topological polar surface area (TPSA) is 18.5 Å². The van der Waals surface area contributed by atoms with E-state index in [-0.39, 0.29) is 37.1 Å². The van der Waals surface area contributed by atoms with Crippen molar-refractivity contribution < 1.29 is 18.1 Å². The van der Waals surface area contributed by atoms with Crippen molar-refractivity contribution in [2.45, 2.75) is 76.4 Å². The van der Waals surface area contributed by atoms with Crippen molar-refractivity contribution in [1.29, 1.82) is 0 Å². The van der Waals surface area contributed by atoms with Gasteiger partial charge in [-0.05, 0) is 57.5 Å². The molecule has 0 atom stereocenters. The first-order valence-electron chi connectivity index (χ1n) is 8.43. The van der Waals surface area contributed by atoms with Crippen molar-refractivity contribution in [2.75, 3.05) is 0 Å². The summed E-state index contributed by atoms with van der Waals surface area (Å²) in [6.45, 7) is 8.13. The average molecular weight is 322 g/mol. The first kappa shape index (κ1) is 16.9. The average Bonchev–Trinajstić information content (AvgIpc) is 2.68. The lowest BCUT2D eigenvalue weighted by atomic mass is 9.76. The predicted octanol–water partition coefficient (Wildman–Crippen LogP) is 4.28. The Kier molecular flexibility index (Phi) is 4.08. The lowest BCUT2D eigenvalue weighted by molar-refractivity contribution is -0.0382. The summed E-state index contributed by atoms with van der Waals surface area (Å²) in [6.07, 6.45) is 1.11. The van der Waals surface area contributed by atoms with E-state index >= 15 is 0 Å². The molecular weight excluding hydrogens is 297 g/mol. The minimum atomic E-state index is -2.47. The molecule has 1 heterocycles. The zero-order valence-electron chi connectivity index (χ0n) is 14.4. The van der Waals surface area contributed by atoms with Gasteiger partial charge in [-0.1, -0.05) is 24.3 Å². The second kappa shape index (κ2) is 5.56. The molecule has 1 aromatic carbocycles. The van der Waals surface area contributed by atoms with Crippen molar-refractivity contribution in [3.63, 3.8) is 0 Å². The SMILES string of the molecule is CC1(C)OB(c2ccc(C3CCC(F)(F)CC3)cc2)OC1(C)C. The molecule has 23 heavy (non-hydrogen) atoms. The van der Waals surface area contributed by atoms with Crippen LogP contribution >= 0.6 is 0 Å². The molecule has 2 nitrogen and oxygen atoms in total. The van der Waals surface area contributed by atoms with Gasteiger partial charge in [0, 0.05) is 12.8 Å². The van der Waals surface area contributed by atoms with Gasteiger partial charge in [-0.15, -0.1) is 0 Å². The standard InChI is InChI=1S/C18H25BF2O2/c1-16(2)17(3,4)23-19(22-16)15-7-5-13(6-8-15)14-9-11-18(20,21)12-10-14/h5-8,14H,9-12H2,1-4H3. The van der Waals surface area contributed by atoms with Crippen molar-refractivity contribution in [3.05, 3.63) is 29.8 Å². The molecule has 0 bridgehead atoms. The lowest BCUT2D eigenvalue weighted by Gasteiger charge is -2.32. The minimum absolute atomic E-state index is 0.00333. The molecule has 3 rings (SSSR count). The lowest BCUT2D eigenvalue weighted by Crippen LogP contribution is -2.41. The fourth-order valence-electron chi connectivity index (χ4n) is 3.28. The molecule has 0 N–H and O–H groups in total. The van der Waals surface area contributed by atoms with E-state index in [4.69, 9.17) is 9.31 Å². The highest BCUT2D eigenvalue weighted by Crippen LogP contribution is 2.41. The quantitative estimate of drug-likeness (QED) is 0.757. The van der Waals surface area contributed by atoms with Gasteiger partial charge in [0.05, 0.1) is 11.2 Å². The van der Waals surface area contributed by atoms with Gasteiger partial charge in [0.2, 0.25) is 5.92 Å². The second-order valence-electron chi connectivity index (χ2n) is 7.89. The summed E-state index contributed by atoms with van der Waals surface area (Å²) in [5.74, 6) is -2.24. The maximum Gasteiger partial charge on any atom is 0.494 e. The van der Waals surface area contributed by atoms with Crippen molar-refractivity contribution >= 4 is 12.6 Å². The summed E-state index contributed by atoms with van der Waals surface area (Å²) in [5.41, 5.74) is 1.41. The summed E-state index contributed by atoms with van der Waals surface area (Å²) in [7, 11) is -0.371.